The van der Waals surface area contributed by atoms with Crippen molar-refractivity contribution >= 4 is 53.3 Å². The van der Waals surface area contributed by atoms with Gasteiger partial charge in [0.25, 0.3) is 0 Å². The van der Waals surface area contributed by atoms with Crippen molar-refractivity contribution < 1.29 is 0 Å². The second kappa shape index (κ2) is 11.6. The van der Waals surface area contributed by atoms with Crippen LogP contribution in [0.2, 0.25) is 0 Å². The summed E-state index contributed by atoms with van der Waals surface area (Å²) >= 11 is 1.85. The SMILES string of the molecule is c1ccc(-c2nc(-c3ccccc3)nc(-c3cc(-n4c5ccccc5c5ccc(-c6cccc7sc8ccccc8c67)cc54)ccn3)n2)cc1. The summed E-state index contributed by atoms with van der Waals surface area (Å²) in [5, 5.41) is 5.00. The maximum atomic E-state index is 4.96. The first-order valence-electron chi connectivity index (χ1n) is 16.6. The summed E-state index contributed by atoms with van der Waals surface area (Å²) in [7, 11) is 0. The third-order valence-corrected chi connectivity index (χ3v) is 10.5. The lowest BCUT2D eigenvalue weighted by atomic mass is 9.98. The monoisotopic (exact) mass is 657 g/mol. The molecular formula is C44H27N5S. The molecular weight excluding hydrogens is 631 g/mol. The lowest BCUT2D eigenvalue weighted by molar-refractivity contribution is 1.05. The highest BCUT2D eigenvalue weighted by Crippen LogP contribution is 2.42. The molecule has 0 aliphatic carbocycles. The van der Waals surface area contributed by atoms with E-state index in [0.717, 1.165) is 27.8 Å². The Kier molecular flexibility index (Phi) is 6.60. The van der Waals surface area contributed by atoms with Crippen molar-refractivity contribution in [3.63, 3.8) is 0 Å². The minimum Gasteiger partial charge on any atom is -0.309 e. The number of thiophene rings is 1. The lowest BCUT2D eigenvalue weighted by Crippen LogP contribution is -2.02. The number of rotatable bonds is 5. The van der Waals surface area contributed by atoms with Crippen LogP contribution in [0.25, 0.3) is 93.1 Å². The van der Waals surface area contributed by atoms with E-state index in [4.69, 9.17) is 19.9 Å². The number of para-hydroxylation sites is 1. The van der Waals surface area contributed by atoms with Crippen molar-refractivity contribution in [3.8, 4) is 51.1 Å². The fourth-order valence-electron chi connectivity index (χ4n) is 7.04. The Bertz CT molecular complexity index is 2820. The lowest BCUT2D eigenvalue weighted by Gasteiger charge is -2.12. The molecule has 0 aliphatic heterocycles. The summed E-state index contributed by atoms with van der Waals surface area (Å²) in [6, 6.07) is 55.0. The fourth-order valence-corrected chi connectivity index (χ4v) is 8.17. The number of pyridine rings is 1. The molecule has 0 aliphatic rings. The predicted molar refractivity (Wildman–Crippen MR) is 207 cm³/mol. The number of hydrogen-bond acceptors (Lipinski definition) is 5. The van der Waals surface area contributed by atoms with Crippen LogP contribution in [0.3, 0.4) is 0 Å². The second-order valence-corrected chi connectivity index (χ2v) is 13.4. The van der Waals surface area contributed by atoms with Crippen molar-refractivity contribution in [1.82, 2.24) is 24.5 Å². The van der Waals surface area contributed by atoms with Crippen LogP contribution in [-0.4, -0.2) is 24.5 Å². The minimum absolute atomic E-state index is 0.525. The van der Waals surface area contributed by atoms with E-state index < -0.39 is 0 Å². The highest BCUT2D eigenvalue weighted by Gasteiger charge is 2.18. The van der Waals surface area contributed by atoms with Gasteiger partial charge in [-0.3, -0.25) is 4.98 Å². The molecule has 4 aromatic heterocycles. The third-order valence-electron chi connectivity index (χ3n) is 9.32. The van der Waals surface area contributed by atoms with Gasteiger partial charge in [0.05, 0.1) is 11.0 Å². The molecule has 0 amide bonds. The topological polar surface area (TPSA) is 56.5 Å². The van der Waals surface area contributed by atoms with Crippen molar-refractivity contribution in [1.29, 1.82) is 0 Å². The summed E-state index contributed by atoms with van der Waals surface area (Å²) in [5.74, 6) is 1.74. The van der Waals surface area contributed by atoms with Crippen molar-refractivity contribution in [2.45, 2.75) is 0 Å². The van der Waals surface area contributed by atoms with E-state index in [2.05, 4.69) is 102 Å². The maximum Gasteiger partial charge on any atom is 0.182 e. The second-order valence-electron chi connectivity index (χ2n) is 12.3. The molecule has 234 valence electrons. The standard InChI is InChI=1S/C44H27N5S/c1-3-12-28(13-4-1)42-46-43(29-14-5-2-6-15-29)48-44(47-42)36-27-31(24-25-45-36)49-37-19-9-7-16-33(37)34-23-22-30(26-38(34)49)32-18-11-21-40-41(32)35-17-8-10-20-39(35)50-40/h1-27H. The van der Waals surface area contributed by atoms with Gasteiger partial charge in [0, 0.05) is 54.0 Å². The van der Waals surface area contributed by atoms with Crippen molar-refractivity contribution in [2.24, 2.45) is 0 Å². The molecule has 10 aromatic rings. The Morgan fingerprint density at radius 3 is 1.86 bits per heavy atom. The van der Waals surface area contributed by atoms with Crippen molar-refractivity contribution in [3.05, 3.63) is 164 Å². The van der Waals surface area contributed by atoms with E-state index in [9.17, 15) is 0 Å². The van der Waals surface area contributed by atoms with Crippen LogP contribution in [0.4, 0.5) is 0 Å². The maximum absolute atomic E-state index is 4.96. The zero-order valence-corrected chi connectivity index (χ0v) is 27.5. The zero-order valence-electron chi connectivity index (χ0n) is 26.7. The third kappa shape index (κ3) is 4.69. The molecule has 0 fully saturated rings. The van der Waals surface area contributed by atoms with Gasteiger partial charge in [0.1, 0.15) is 5.69 Å². The Morgan fingerprint density at radius 2 is 1.08 bits per heavy atom. The number of nitrogens with zero attached hydrogens (tertiary/aromatic N) is 5. The van der Waals surface area contributed by atoms with Gasteiger partial charge in [0.15, 0.2) is 17.5 Å². The van der Waals surface area contributed by atoms with E-state index in [1.165, 1.54) is 42.1 Å². The van der Waals surface area contributed by atoms with Gasteiger partial charge in [-0.2, -0.15) is 0 Å². The molecule has 10 rings (SSSR count). The van der Waals surface area contributed by atoms with Crippen LogP contribution < -0.4 is 0 Å². The molecule has 0 radical (unpaired) electrons. The summed E-state index contributed by atoms with van der Waals surface area (Å²) in [6.45, 7) is 0. The van der Waals surface area contributed by atoms with E-state index in [1.807, 2.05) is 78.2 Å². The van der Waals surface area contributed by atoms with Gasteiger partial charge >= 0.3 is 0 Å². The van der Waals surface area contributed by atoms with E-state index >= 15 is 0 Å². The smallest absolute Gasteiger partial charge is 0.182 e. The van der Waals surface area contributed by atoms with Crippen LogP contribution in [0, 0.1) is 0 Å². The highest BCUT2D eigenvalue weighted by molar-refractivity contribution is 7.25. The Balaban J connectivity index is 1.18. The quantitative estimate of drug-likeness (QED) is 0.185. The molecule has 0 saturated heterocycles. The zero-order chi connectivity index (χ0) is 33.0. The largest absolute Gasteiger partial charge is 0.309 e. The Labute approximate surface area is 291 Å². The summed E-state index contributed by atoms with van der Waals surface area (Å²) in [5.41, 5.74) is 8.19. The molecule has 0 N–H and O–H groups in total. The molecule has 0 spiro atoms. The van der Waals surface area contributed by atoms with Crippen molar-refractivity contribution in [2.75, 3.05) is 0 Å². The number of hydrogen-bond donors (Lipinski definition) is 0. The van der Waals surface area contributed by atoms with E-state index in [0.29, 0.717) is 23.2 Å². The molecule has 0 atom stereocenters. The van der Waals surface area contributed by atoms with E-state index in [1.54, 1.807) is 0 Å². The molecule has 6 aromatic carbocycles. The average Bonchev–Trinajstić information content (AvgIpc) is 3.74. The molecule has 4 heterocycles. The molecule has 5 nitrogen and oxygen atoms in total. The predicted octanol–water partition coefficient (Wildman–Crippen LogP) is 11.4. The molecule has 6 heteroatoms. The summed E-state index contributed by atoms with van der Waals surface area (Å²) in [6.07, 6.45) is 1.85. The van der Waals surface area contributed by atoms with Crippen LogP contribution >= 0.6 is 11.3 Å². The van der Waals surface area contributed by atoms with Gasteiger partial charge in [-0.05, 0) is 47.5 Å². The number of benzene rings is 6. The van der Waals surface area contributed by atoms with Crippen LogP contribution in [0.1, 0.15) is 0 Å². The number of fused-ring (bicyclic) bond motifs is 6. The molecule has 0 bridgehead atoms. The summed E-state index contributed by atoms with van der Waals surface area (Å²) in [4.78, 5) is 19.6. The highest BCUT2D eigenvalue weighted by atomic mass is 32.1. The fraction of sp³-hybridized carbons (Fsp3) is 0. The van der Waals surface area contributed by atoms with Gasteiger partial charge in [0.2, 0.25) is 0 Å². The van der Waals surface area contributed by atoms with Gasteiger partial charge in [-0.15, -0.1) is 11.3 Å². The first kappa shape index (κ1) is 28.5. The Hall–Kier alpha value is -6.50. The molecule has 0 unspecified atom stereocenters. The van der Waals surface area contributed by atoms with Crippen LogP contribution in [-0.2, 0) is 0 Å². The Morgan fingerprint density at radius 1 is 0.440 bits per heavy atom. The minimum atomic E-state index is 0.525. The van der Waals surface area contributed by atoms with Crippen LogP contribution in [0.15, 0.2) is 164 Å². The first-order chi connectivity index (χ1) is 24.8. The average molecular weight is 658 g/mol. The van der Waals surface area contributed by atoms with Gasteiger partial charge < -0.3 is 4.57 Å². The molecule has 50 heavy (non-hydrogen) atoms. The normalized spacial score (nSPS) is 11.6. The first-order valence-corrected chi connectivity index (χ1v) is 17.4. The van der Waals surface area contributed by atoms with Gasteiger partial charge in [-0.25, -0.2) is 15.0 Å². The summed E-state index contributed by atoms with van der Waals surface area (Å²) < 4.78 is 4.94. The van der Waals surface area contributed by atoms with E-state index in [-0.39, 0.29) is 0 Å². The number of aromatic nitrogens is 5. The van der Waals surface area contributed by atoms with Gasteiger partial charge in [-0.1, -0.05) is 121 Å². The van der Waals surface area contributed by atoms with Crippen LogP contribution in [0.5, 0.6) is 0 Å². The molecule has 0 saturated carbocycles.